The minimum atomic E-state index is -3.44. The molecular formula is C20H25FN2O3S. The summed E-state index contributed by atoms with van der Waals surface area (Å²) in [5, 5.41) is 2.75. The molecule has 1 N–H and O–H groups in total. The van der Waals surface area contributed by atoms with Crippen LogP contribution < -0.4 is 5.32 Å². The highest BCUT2D eigenvalue weighted by atomic mass is 32.2. The Morgan fingerprint density at radius 3 is 2.33 bits per heavy atom. The van der Waals surface area contributed by atoms with Crippen LogP contribution in [0.2, 0.25) is 0 Å². The number of rotatable bonds is 10. The third kappa shape index (κ3) is 7.48. The number of aryl methyl sites for hydroxylation is 1. The number of nitrogens with one attached hydrogen (secondary N) is 1. The van der Waals surface area contributed by atoms with E-state index in [1.807, 2.05) is 30.3 Å². The molecule has 0 aromatic heterocycles. The van der Waals surface area contributed by atoms with E-state index in [1.165, 1.54) is 10.4 Å². The van der Waals surface area contributed by atoms with Gasteiger partial charge in [0.1, 0.15) is 5.82 Å². The van der Waals surface area contributed by atoms with Gasteiger partial charge in [0.05, 0.1) is 6.26 Å². The van der Waals surface area contributed by atoms with Crippen LogP contribution in [0.1, 0.15) is 17.5 Å². The Balaban J connectivity index is 1.79. The summed E-state index contributed by atoms with van der Waals surface area (Å²) in [6, 6.07) is 16.0. The molecular weight excluding hydrogens is 367 g/mol. The summed E-state index contributed by atoms with van der Waals surface area (Å²) < 4.78 is 38.8. The van der Waals surface area contributed by atoms with Gasteiger partial charge in [-0.3, -0.25) is 4.79 Å². The lowest BCUT2D eigenvalue weighted by atomic mass is 10.1. The lowest BCUT2D eigenvalue weighted by Crippen LogP contribution is -2.39. The zero-order valence-corrected chi connectivity index (χ0v) is 16.2. The van der Waals surface area contributed by atoms with Crippen LogP contribution in [0.3, 0.4) is 0 Å². The number of benzene rings is 2. The predicted molar refractivity (Wildman–Crippen MR) is 104 cm³/mol. The summed E-state index contributed by atoms with van der Waals surface area (Å²) in [5.74, 6) is -0.471. The van der Waals surface area contributed by atoms with E-state index in [-0.39, 0.29) is 37.8 Å². The fourth-order valence-corrected chi connectivity index (χ4v) is 3.55. The summed E-state index contributed by atoms with van der Waals surface area (Å²) in [6.45, 7) is 0.544. The number of carbonyl (C=O) groups excluding carboxylic acids is 1. The number of amides is 1. The van der Waals surface area contributed by atoms with Gasteiger partial charge < -0.3 is 5.32 Å². The zero-order valence-electron chi connectivity index (χ0n) is 15.4. The molecule has 0 radical (unpaired) electrons. The maximum Gasteiger partial charge on any atom is 0.220 e. The summed E-state index contributed by atoms with van der Waals surface area (Å²) in [5.41, 5.74) is 1.55. The molecule has 0 heterocycles. The quantitative estimate of drug-likeness (QED) is 0.675. The number of nitrogens with zero attached hydrogens (tertiary/aromatic N) is 1. The minimum absolute atomic E-state index is 0.124. The van der Waals surface area contributed by atoms with E-state index in [4.69, 9.17) is 0 Å². The largest absolute Gasteiger partial charge is 0.355 e. The third-order valence-corrected chi connectivity index (χ3v) is 5.53. The zero-order chi connectivity index (χ0) is 19.7. The van der Waals surface area contributed by atoms with Crippen LogP contribution in [0.15, 0.2) is 54.6 Å². The van der Waals surface area contributed by atoms with Gasteiger partial charge >= 0.3 is 0 Å². The first kappa shape index (κ1) is 21.1. The predicted octanol–water partition coefficient (Wildman–Crippen LogP) is 2.38. The van der Waals surface area contributed by atoms with Crippen molar-refractivity contribution in [2.24, 2.45) is 0 Å². The molecule has 0 saturated heterocycles. The number of carbonyl (C=O) groups is 1. The number of hydrogen-bond donors (Lipinski definition) is 1. The van der Waals surface area contributed by atoms with Crippen molar-refractivity contribution in [1.82, 2.24) is 9.62 Å². The van der Waals surface area contributed by atoms with E-state index in [1.54, 1.807) is 18.2 Å². The minimum Gasteiger partial charge on any atom is -0.355 e. The fraction of sp³-hybridized carbons (Fsp3) is 0.350. The van der Waals surface area contributed by atoms with Crippen LogP contribution in [0, 0.1) is 5.82 Å². The monoisotopic (exact) mass is 392 g/mol. The van der Waals surface area contributed by atoms with Crippen LogP contribution in [-0.2, 0) is 27.7 Å². The van der Waals surface area contributed by atoms with Crippen molar-refractivity contribution >= 4 is 15.9 Å². The Bertz CT molecular complexity index is 841. The topological polar surface area (TPSA) is 66.5 Å². The second-order valence-corrected chi connectivity index (χ2v) is 8.32. The molecule has 5 nitrogen and oxygen atoms in total. The van der Waals surface area contributed by atoms with Gasteiger partial charge in [-0.15, -0.1) is 0 Å². The van der Waals surface area contributed by atoms with Crippen molar-refractivity contribution in [3.63, 3.8) is 0 Å². The Morgan fingerprint density at radius 1 is 1.00 bits per heavy atom. The molecule has 7 heteroatoms. The van der Waals surface area contributed by atoms with Gasteiger partial charge in [0, 0.05) is 26.1 Å². The summed E-state index contributed by atoms with van der Waals surface area (Å²) in [6.07, 6.45) is 2.38. The van der Waals surface area contributed by atoms with Gasteiger partial charge in [0.25, 0.3) is 0 Å². The second kappa shape index (κ2) is 10.2. The SMILES string of the molecule is CS(=O)(=O)N(CCNC(=O)CCc1ccccc1)CCc1ccccc1F. The molecule has 0 saturated carbocycles. The average Bonchev–Trinajstić information content (AvgIpc) is 2.64. The van der Waals surface area contributed by atoms with Crippen molar-refractivity contribution in [1.29, 1.82) is 0 Å². The van der Waals surface area contributed by atoms with E-state index >= 15 is 0 Å². The third-order valence-electron chi connectivity index (χ3n) is 4.22. The first-order valence-corrected chi connectivity index (χ1v) is 10.7. The van der Waals surface area contributed by atoms with Crippen LogP contribution in [0.4, 0.5) is 4.39 Å². The molecule has 0 spiro atoms. The standard InChI is InChI=1S/C20H25FN2O3S/c1-27(25,26)23(15-13-18-9-5-6-10-19(18)21)16-14-22-20(24)12-11-17-7-3-2-4-8-17/h2-10H,11-16H2,1H3,(H,22,24). The highest BCUT2D eigenvalue weighted by Gasteiger charge is 2.17. The van der Waals surface area contributed by atoms with Crippen LogP contribution in [0.25, 0.3) is 0 Å². The van der Waals surface area contributed by atoms with Crippen molar-refractivity contribution in [2.45, 2.75) is 19.3 Å². The van der Waals surface area contributed by atoms with Crippen molar-refractivity contribution < 1.29 is 17.6 Å². The fourth-order valence-electron chi connectivity index (χ4n) is 2.70. The summed E-state index contributed by atoms with van der Waals surface area (Å²) in [7, 11) is -3.44. The van der Waals surface area contributed by atoms with Crippen LogP contribution >= 0.6 is 0 Å². The molecule has 0 fully saturated rings. The first-order valence-electron chi connectivity index (χ1n) is 8.85. The summed E-state index contributed by atoms with van der Waals surface area (Å²) in [4.78, 5) is 11.9. The molecule has 2 rings (SSSR count). The number of hydrogen-bond acceptors (Lipinski definition) is 3. The van der Waals surface area contributed by atoms with Crippen molar-refractivity contribution in [2.75, 3.05) is 25.9 Å². The van der Waals surface area contributed by atoms with Gasteiger partial charge in [-0.05, 0) is 30.0 Å². The van der Waals surface area contributed by atoms with Gasteiger partial charge in [-0.2, -0.15) is 0 Å². The van der Waals surface area contributed by atoms with Crippen LogP contribution in [0.5, 0.6) is 0 Å². The van der Waals surface area contributed by atoms with Gasteiger partial charge in [0.2, 0.25) is 15.9 Å². The molecule has 0 aliphatic carbocycles. The molecule has 0 unspecified atom stereocenters. The molecule has 0 atom stereocenters. The Hall–Kier alpha value is -2.25. The molecule has 146 valence electrons. The molecule has 0 aliphatic heterocycles. The smallest absolute Gasteiger partial charge is 0.220 e. The van der Waals surface area contributed by atoms with Gasteiger partial charge in [-0.1, -0.05) is 48.5 Å². The molecule has 2 aromatic rings. The lowest BCUT2D eigenvalue weighted by molar-refractivity contribution is -0.121. The first-order chi connectivity index (χ1) is 12.9. The van der Waals surface area contributed by atoms with E-state index in [0.717, 1.165) is 11.8 Å². The maximum atomic E-state index is 13.7. The van der Waals surface area contributed by atoms with E-state index < -0.39 is 10.0 Å². The molecule has 0 bridgehead atoms. The van der Waals surface area contributed by atoms with Gasteiger partial charge in [0.15, 0.2) is 0 Å². The normalized spacial score (nSPS) is 11.5. The van der Waals surface area contributed by atoms with E-state index in [0.29, 0.717) is 18.4 Å². The highest BCUT2D eigenvalue weighted by molar-refractivity contribution is 7.88. The molecule has 27 heavy (non-hydrogen) atoms. The molecule has 1 amide bonds. The van der Waals surface area contributed by atoms with Crippen molar-refractivity contribution in [3.05, 3.63) is 71.5 Å². The Morgan fingerprint density at radius 2 is 1.67 bits per heavy atom. The number of halogens is 1. The Labute approximate surface area is 160 Å². The summed E-state index contributed by atoms with van der Waals surface area (Å²) >= 11 is 0. The van der Waals surface area contributed by atoms with Crippen LogP contribution in [-0.4, -0.2) is 44.5 Å². The van der Waals surface area contributed by atoms with Gasteiger partial charge in [-0.25, -0.2) is 17.1 Å². The Kier molecular flexibility index (Phi) is 7.94. The van der Waals surface area contributed by atoms with E-state index in [2.05, 4.69) is 5.32 Å². The molecule has 2 aromatic carbocycles. The van der Waals surface area contributed by atoms with E-state index in [9.17, 15) is 17.6 Å². The maximum absolute atomic E-state index is 13.7. The molecule has 0 aliphatic rings. The van der Waals surface area contributed by atoms with Crippen molar-refractivity contribution in [3.8, 4) is 0 Å². The average molecular weight is 392 g/mol. The lowest BCUT2D eigenvalue weighted by Gasteiger charge is -2.20. The second-order valence-electron chi connectivity index (χ2n) is 6.34. The number of sulfonamides is 1. The highest BCUT2D eigenvalue weighted by Crippen LogP contribution is 2.09.